The summed E-state index contributed by atoms with van der Waals surface area (Å²) in [6.07, 6.45) is 11.4. The Hall–Kier alpha value is -2.66. The van der Waals surface area contributed by atoms with Crippen molar-refractivity contribution in [3.8, 4) is 0 Å². The van der Waals surface area contributed by atoms with Gasteiger partial charge in [-0.05, 0) is 60.4 Å². The van der Waals surface area contributed by atoms with Gasteiger partial charge in [0.25, 0.3) is 5.69 Å². The fourth-order valence-corrected chi connectivity index (χ4v) is 5.68. The first-order chi connectivity index (χ1) is 15.2. The van der Waals surface area contributed by atoms with Crippen LogP contribution in [0.2, 0.25) is 0 Å². The SMILES string of the molecule is O=[N+]([O-])c1ccc(CC[NH2+][C@H]2CCCc3c2[nH]c2ccc(C4CCCCC4)cc32)cc1. The lowest BCUT2D eigenvalue weighted by atomic mass is 9.83. The van der Waals surface area contributed by atoms with E-state index >= 15 is 0 Å². The van der Waals surface area contributed by atoms with E-state index in [1.165, 1.54) is 73.5 Å². The second-order valence-corrected chi connectivity index (χ2v) is 9.35. The summed E-state index contributed by atoms with van der Waals surface area (Å²) >= 11 is 0. The van der Waals surface area contributed by atoms with Crippen LogP contribution < -0.4 is 5.32 Å². The van der Waals surface area contributed by atoms with Crippen LogP contribution in [0, 0.1) is 10.1 Å². The Balaban J connectivity index is 1.29. The van der Waals surface area contributed by atoms with Gasteiger partial charge in [0.05, 0.1) is 17.2 Å². The number of aromatic amines is 1. The van der Waals surface area contributed by atoms with Gasteiger partial charge in [0.1, 0.15) is 6.04 Å². The predicted octanol–water partition coefficient (Wildman–Crippen LogP) is 5.31. The molecule has 3 N–H and O–H groups in total. The molecule has 0 amide bonds. The zero-order valence-electron chi connectivity index (χ0n) is 18.1. The second-order valence-electron chi connectivity index (χ2n) is 9.35. The molecule has 0 unspecified atom stereocenters. The molecule has 5 rings (SSSR count). The Morgan fingerprint density at radius 2 is 1.81 bits per heavy atom. The first-order valence-corrected chi connectivity index (χ1v) is 11.9. The summed E-state index contributed by atoms with van der Waals surface area (Å²) in [5, 5.41) is 14.7. The maximum Gasteiger partial charge on any atom is 0.269 e. The van der Waals surface area contributed by atoms with Gasteiger partial charge >= 0.3 is 0 Å². The number of nitrogens with zero attached hydrogens (tertiary/aromatic N) is 1. The number of H-pyrrole nitrogens is 1. The molecule has 5 heteroatoms. The maximum absolute atomic E-state index is 10.8. The summed E-state index contributed by atoms with van der Waals surface area (Å²) in [5.41, 5.74) is 7.11. The Bertz CT molecular complexity index is 1060. The monoisotopic (exact) mass is 418 g/mol. The van der Waals surface area contributed by atoms with Crippen LogP contribution in [0.25, 0.3) is 10.9 Å². The van der Waals surface area contributed by atoms with E-state index in [9.17, 15) is 10.1 Å². The topological polar surface area (TPSA) is 75.5 Å². The fraction of sp³-hybridized carbons (Fsp3) is 0.462. The first kappa shape index (κ1) is 20.3. The number of benzene rings is 2. The quantitative estimate of drug-likeness (QED) is 0.421. The van der Waals surface area contributed by atoms with Crippen molar-refractivity contribution in [2.45, 2.75) is 69.7 Å². The van der Waals surface area contributed by atoms with Gasteiger partial charge in [0.15, 0.2) is 0 Å². The van der Waals surface area contributed by atoms with Gasteiger partial charge in [-0.3, -0.25) is 10.1 Å². The number of aryl methyl sites for hydroxylation is 1. The molecule has 3 aromatic rings. The third kappa shape index (κ3) is 4.24. The number of nitrogens with one attached hydrogen (secondary N) is 1. The lowest BCUT2D eigenvalue weighted by Crippen LogP contribution is -2.86. The van der Waals surface area contributed by atoms with Crippen LogP contribution in [-0.4, -0.2) is 16.5 Å². The molecule has 5 nitrogen and oxygen atoms in total. The summed E-state index contributed by atoms with van der Waals surface area (Å²) < 4.78 is 0. The van der Waals surface area contributed by atoms with Gasteiger partial charge in [0, 0.05) is 35.9 Å². The highest BCUT2D eigenvalue weighted by Gasteiger charge is 2.27. The van der Waals surface area contributed by atoms with Crippen LogP contribution >= 0.6 is 0 Å². The number of nitrogens with two attached hydrogens (primary N) is 1. The van der Waals surface area contributed by atoms with Crippen LogP contribution in [-0.2, 0) is 12.8 Å². The number of fused-ring (bicyclic) bond motifs is 3. The van der Waals surface area contributed by atoms with Gasteiger partial charge < -0.3 is 10.3 Å². The number of aromatic nitrogens is 1. The summed E-state index contributed by atoms with van der Waals surface area (Å²) in [6, 6.07) is 14.6. The number of nitro benzene ring substituents is 1. The van der Waals surface area contributed by atoms with Crippen molar-refractivity contribution in [3.63, 3.8) is 0 Å². The van der Waals surface area contributed by atoms with Crippen molar-refractivity contribution in [1.29, 1.82) is 0 Å². The van der Waals surface area contributed by atoms with Gasteiger partial charge in [0.2, 0.25) is 0 Å². The largest absolute Gasteiger partial charge is 0.353 e. The highest BCUT2D eigenvalue weighted by Crippen LogP contribution is 2.37. The molecule has 1 aromatic heterocycles. The molecule has 0 bridgehead atoms. The molecule has 1 fully saturated rings. The van der Waals surface area contributed by atoms with Crippen molar-refractivity contribution in [2.24, 2.45) is 0 Å². The number of nitro groups is 1. The van der Waals surface area contributed by atoms with E-state index in [4.69, 9.17) is 0 Å². The Morgan fingerprint density at radius 3 is 2.58 bits per heavy atom. The molecule has 2 aromatic carbocycles. The van der Waals surface area contributed by atoms with Crippen LogP contribution in [0.1, 0.15) is 79.3 Å². The number of hydrogen-bond acceptors (Lipinski definition) is 2. The number of non-ortho nitro benzene ring substituents is 1. The van der Waals surface area contributed by atoms with E-state index in [2.05, 4.69) is 28.5 Å². The number of rotatable bonds is 6. The van der Waals surface area contributed by atoms with Crippen LogP contribution in [0.4, 0.5) is 5.69 Å². The highest BCUT2D eigenvalue weighted by molar-refractivity contribution is 5.86. The highest BCUT2D eigenvalue weighted by atomic mass is 16.6. The summed E-state index contributed by atoms with van der Waals surface area (Å²) in [5.74, 6) is 0.747. The summed E-state index contributed by atoms with van der Waals surface area (Å²) in [6.45, 7) is 0.991. The third-order valence-electron chi connectivity index (χ3n) is 7.38. The van der Waals surface area contributed by atoms with Crippen LogP contribution in [0.15, 0.2) is 42.5 Å². The van der Waals surface area contributed by atoms with Crippen LogP contribution in [0.3, 0.4) is 0 Å². The van der Waals surface area contributed by atoms with Crippen molar-refractivity contribution < 1.29 is 10.2 Å². The zero-order valence-corrected chi connectivity index (χ0v) is 18.1. The van der Waals surface area contributed by atoms with E-state index in [-0.39, 0.29) is 10.6 Å². The molecule has 2 aliphatic carbocycles. The standard InChI is InChI=1S/C26H31N3O2/c30-29(31)21-12-9-18(10-13-21)15-16-27-25-8-4-7-22-23-17-20(19-5-2-1-3-6-19)11-14-24(23)28-26(22)25/h9-14,17,19,25,27-28H,1-8,15-16H2/p+1/t25-/m0/s1. The Kier molecular flexibility index (Phi) is 5.77. The summed E-state index contributed by atoms with van der Waals surface area (Å²) in [4.78, 5) is 14.3. The zero-order chi connectivity index (χ0) is 21.2. The van der Waals surface area contributed by atoms with E-state index in [0.29, 0.717) is 6.04 Å². The average molecular weight is 419 g/mol. The van der Waals surface area contributed by atoms with Gasteiger partial charge in [-0.25, -0.2) is 0 Å². The minimum atomic E-state index is -0.338. The predicted molar refractivity (Wildman–Crippen MR) is 123 cm³/mol. The minimum absolute atomic E-state index is 0.162. The van der Waals surface area contributed by atoms with E-state index < -0.39 is 0 Å². The fourth-order valence-electron chi connectivity index (χ4n) is 5.68. The van der Waals surface area contributed by atoms with E-state index in [0.717, 1.165) is 24.4 Å². The van der Waals surface area contributed by atoms with E-state index in [1.54, 1.807) is 17.7 Å². The summed E-state index contributed by atoms with van der Waals surface area (Å²) in [7, 11) is 0. The normalized spacial score (nSPS) is 19.4. The van der Waals surface area contributed by atoms with Gasteiger partial charge in [-0.2, -0.15) is 0 Å². The minimum Gasteiger partial charge on any atom is -0.353 e. The lowest BCUT2D eigenvalue weighted by molar-refractivity contribution is -0.697. The third-order valence-corrected chi connectivity index (χ3v) is 7.38. The Labute approximate surface area is 183 Å². The molecule has 1 heterocycles. The molecular formula is C26H32N3O2+. The molecule has 0 aliphatic heterocycles. The number of quaternary nitrogens is 1. The van der Waals surface area contributed by atoms with Crippen molar-refractivity contribution in [2.75, 3.05) is 6.54 Å². The first-order valence-electron chi connectivity index (χ1n) is 11.9. The molecule has 0 radical (unpaired) electrons. The molecular weight excluding hydrogens is 386 g/mol. The molecule has 0 saturated heterocycles. The van der Waals surface area contributed by atoms with Gasteiger partial charge in [-0.1, -0.05) is 37.5 Å². The molecule has 0 spiro atoms. The van der Waals surface area contributed by atoms with Crippen LogP contribution in [0.5, 0.6) is 0 Å². The molecule has 31 heavy (non-hydrogen) atoms. The molecule has 2 aliphatic rings. The van der Waals surface area contributed by atoms with Crippen molar-refractivity contribution in [3.05, 3.63) is 75.0 Å². The lowest BCUT2D eigenvalue weighted by Gasteiger charge is -2.22. The average Bonchev–Trinajstić information content (AvgIpc) is 3.19. The van der Waals surface area contributed by atoms with E-state index in [1.807, 2.05) is 12.1 Å². The van der Waals surface area contributed by atoms with Crippen molar-refractivity contribution in [1.82, 2.24) is 4.98 Å². The Morgan fingerprint density at radius 1 is 1.00 bits per heavy atom. The maximum atomic E-state index is 10.8. The molecule has 1 atom stereocenters. The smallest absolute Gasteiger partial charge is 0.269 e. The second kappa shape index (κ2) is 8.83. The van der Waals surface area contributed by atoms with Gasteiger partial charge in [-0.15, -0.1) is 0 Å². The van der Waals surface area contributed by atoms with Crippen molar-refractivity contribution >= 4 is 16.6 Å². The molecule has 1 saturated carbocycles. The number of hydrogen-bond donors (Lipinski definition) is 2. The molecule has 162 valence electrons.